The molecule has 1 amide bonds. The van der Waals surface area contributed by atoms with Crippen molar-refractivity contribution in [1.82, 2.24) is 0 Å². The number of hydrogen-bond donors (Lipinski definition) is 0. The van der Waals surface area contributed by atoms with E-state index in [4.69, 9.17) is 9.47 Å². The lowest BCUT2D eigenvalue weighted by Crippen LogP contribution is -2.36. The molecule has 0 spiro atoms. The van der Waals surface area contributed by atoms with Crippen LogP contribution in [0.4, 0.5) is 5.69 Å². The first-order valence-electron chi connectivity index (χ1n) is 11.0. The van der Waals surface area contributed by atoms with Crippen LogP contribution in [-0.4, -0.2) is 26.2 Å². The molecule has 162 valence electrons. The Morgan fingerprint density at radius 2 is 2.00 bits per heavy atom. The first kappa shape index (κ1) is 22.4. The third-order valence-electron chi connectivity index (χ3n) is 5.46. The quantitative estimate of drug-likeness (QED) is 0.305. The maximum absolute atomic E-state index is 13.1. The maximum atomic E-state index is 13.1. The summed E-state index contributed by atoms with van der Waals surface area (Å²) in [6.45, 7) is 3.44. The number of rotatable bonds is 9. The number of anilines is 1. The number of hydrogen-bond acceptors (Lipinski definition) is 4. The third kappa shape index (κ3) is 5.67. The Morgan fingerprint density at radius 3 is 2.77 bits per heavy atom. The number of nitrogens with zero attached hydrogens (tertiary/aromatic N) is 2. The molecule has 2 aromatic carbocycles. The number of aryl methyl sites for hydroxylation is 1. The van der Waals surface area contributed by atoms with Crippen LogP contribution in [0.3, 0.4) is 0 Å². The van der Waals surface area contributed by atoms with Gasteiger partial charge in [0.2, 0.25) is 0 Å². The lowest BCUT2D eigenvalue weighted by atomic mass is 10.0. The van der Waals surface area contributed by atoms with E-state index in [9.17, 15) is 10.1 Å². The molecule has 3 rings (SSSR count). The standard InChI is InChI=1S/C26H30N2O3/c1-3-4-5-8-16-31-24-14-13-20(18-25(24)30-2)17-22(19-27)26(29)28-15-9-11-21-10-6-7-12-23(21)28/h6-7,10,12-14,17-18H,3-5,8-9,11,15-16H2,1-2H3/b22-17+. The number of methoxy groups -OCH3 is 1. The average molecular weight is 419 g/mol. The van der Waals surface area contributed by atoms with E-state index in [-0.39, 0.29) is 11.5 Å². The molecule has 0 saturated carbocycles. The van der Waals surface area contributed by atoms with Gasteiger partial charge in [0, 0.05) is 12.2 Å². The summed E-state index contributed by atoms with van der Waals surface area (Å²) in [5.41, 5.74) is 2.86. The van der Waals surface area contributed by atoms with E-state index < -0.39 is 0 Å². The Hall–Kier alpha value is -3.26. The van der Waals surface area contributed by atoms with Crippen LogP contribution in [0, 0.1) is 11.3 Å². The maximum Gasteiger partial charge on any atom is 0.268 e. The minimum absolute atomic E-state index is 0.104. The fraction of sp³-hybridized carbons (Fsp3) is 0.385. The van der Waals surface area contributed by atoms with Crippen molar-refractivity contribution < 1.29 is 14.3 Å². The van der Waals surface area contributed by atoms with Crippen LogP contribution in [0.1, 0.15) is 50.2 Å². The highest BCUT2D eigenvalue weighted by atomic mass is 16.5. The van der Waals surface area contributed by atoms with Gasteiger partial charge in [-0.25, -0.2) is 0 Å². The molecule has 0 atom stereocenters. The second-order valence-electron chi connectivity index (χ2n) is 7.68. The van der Waals surface area contributed by atoms with Crippen LogP contribution in [0.15, 0.2) is 48.0 Å². The summed E-state index contributed by atoms with van der Waals surface area (Å²) < 4.78 is 11.3. The summed E-state index contributed by atoms with van der Waals surface area (Å²) in [5, 5.41) is 9.68. The van der Waals surface area contributed by atoms with Gasteiger partial charge in [-0.2, -0.15) is 5.26 Å². The van der Waals surface area contributed by atoms with Gasteiger partial charge in [-0.05, 0) is 54.7 Å². The molecule has 1 aliphatic heterocycles. The number of amides is 1. The first-order chi connectivity index (χ1) is 15.2. The van der Waals surface area contributed by atoms with Gasteiger partial charge in [-0.15, -0.1) is 0 Å². The monoisotopic (exact) mass is 418 g/mol. The molecule has 0 bridgehead atoms. The molecule has 0 unspecified atom stereocenters. The van der Waals surface area contributed by atoms with E-state index in [2.05, 4.69) is 13.0 Å². The number of ether oxygens (including phenoxy) is 2. The Morgan fingerprint density at radius 1 is 1.16 bits per heavy atom. The predicted molar refractivity (Wildman–Crippen MR) is 123 cm³/mol. The summed E-state index contributed by atoms with van der Waals surface area (Å²) in [7, 11) is 1.59. The van der Waals surface area contributed by atoms with Crippen LogP contribution in [0.25, 0.3) is 6.08 Å². The average Bonchev–Trinajstić information content (AvgIpc) is 2.82. The summed E-state index contributed by atoms with van der Waals surface area (Å²) in [6.07, 6.45) is 8.00. The molecule has 31 heavy (non-hydrogen) atoms. The highest BCUT2D eigenvalue weighted by Crippen LogP contribution is 2.31. The largest absolute Gasteiger partial charge is 0.493 e. The molecule has 2 aromatic rings. The van der Waals surface area contributed by atoms with E-state index in [1.165, 1.54) is 12.8 Å². The SMILES string of the molecule is CCCCCCOc1ccc(/C=C(\C#N)C(=O)N2CCCc3ccccc32)cc1OC. The van der Waals surface area contributed by atoms with Crippen molar-refractivity contribution in [1.29, 1.82) is 5.26 Å². The molecular weight excluding hydrogens is 388 g/mol. The van der Waals surface area contributed by atoms with Gasteiger partial charge in [0.15, 0.2) is 11.5 Å². The number of fused-ring (bicyclic) bond motifs is 1. The van der Waals surface area contributed by atoms with E-state index in [1.807, 2.05) is 36.4 Å². The summed E-state index contributed by atoms with van der Waals surface area (Å²) in [6, 6.07) is 15.4. The van der Waals surface area contributed by atoms with Crippen molar-refractivity contribution in [3.8, 4) is 17.6 Å². The van der Waals surface area contributed by atoms with E-state index in [0.29, 0.717) is 24.7 Å². The minimum Gasteiger partial charge on any atom is -0.493 e. The molecule has 0 fully saturated rings. The number of carbonyl (C=O) groups is 1. The topological polar surface area (TPSA) is 62.6 Å². The molecule has 1 aliphatic rings. The molecule has 5 heteroatoms. The highest BCUT2D eigenvalue weighted by Gasteiger charge is 2.24. The van der Waals surface area contributed by atoms with Gasteiger partial charge in [0.25, 0.3) is 5.91 Å². The number of unbranched alkanes of at least 4 members (excludes halogenated alkanes) is 3. The van der Waals surface area contributed by atoms with Crippen molar-refractivity contribution in [2.75, 3.05) is 25.2 Å². The third-order valence-corrected chi connectivity index (χ3v) is 5.46. The molecule has 0 aliphatic carbocycles. The Balaban J connectivity index is 1.76. The number of para-hydroxylation sites is 1. The number of carbonyl (C=O) groups excluding carboxylic acids is 1. The second-order valence-corrected chi connectivity index (χ2v) is 7.68. The fourth-order valence-corrected chi connectivity index (χ4v) is 3.80. The van der Waals surface area contributed by atoms with Gasteiger partial charge < -0.3 is 14.4 Å². The van der Waals surface area contributed by atoms with Crippen molar-refractivity contribution in [2.45, 2.75) is 45.4 Å². The second kappa shape index (κ2) is 11.2. The molecule has 5 nitrogen and oxygen atoms in total. The van der Waals surface area contributed by atoms with E-state index in [0.717, 1.165) is 42.5 Å². The number of nitriles is 1. The zero-order valence-electron chi connectivity index (χ0n) is 18.4. The van der Waals surface area contributed by atoms with Crippen LogP contribution in [0.5, 0.6) is 11.5 Å². The zero-order valence-corrected chi connectivity index (χ0v) is 18.4. The highest BCUT2D eigenvalue weighted by molar-refractivity contribution is 6.11. The Labute approximate surface area is 184 Å². The van der Waals surface area contributed by atoms with Crippen molar-refractivity contribution in [3.63, 3.8) is 0 Å². The van der Waals surface area contributed by atoms with Crippen molar-refractivity contribution in [2.24, 2.45) is 0 Å². The summed E-state index contributed by atoms with van der Waals surface area (Å²) in [5.74, 6) is 0.994. The summed E-state index contributed by atoms with van der Waals surface area (Å²) in [4.78, 5) is 14.8. The van der Waals surface area contributed by atoms with Crippen molar-refractivity contribution >= 4 is 17.7 Å². The zero-order chi connectivity index (χ0) is 22.1. The summed E-state index contributed by atoms with van der Waals surface area (Å²) >= 11 is 0. The molecule has 0 aromatic heterocycles. The van der Waals surface area contributed by atoms with Gasteiger partial charge in [-0.1, -0.05) is 50.5 Å². The van der Waals surface area contributed by atoms with Crippen molar-refractivity contribution in [3.05, 3.63) is 59.2 Å². The molecule has 0 radical (unpaired) electrons. The minimum atomic E-state index is -0.273. The van der Waals surface area contributed by atoms with E-state index in [1.54, 1.807) is 24.2 Å². The Kier molecular flexibility index (Phi) is 8.12. The first-order valence-corrected chi connectivity index (χ1v) is 11.0. The normalized spacial score (nSPS) is 13.3. The molecule has 0 N–H and O–H groups in total. The smallest absolute Gasteiger partial charge is 0.268 e. The van der Waals surface area contributed by atoms with Gasteiger partial charge in [0.05, 0.1) is 13.7 Å². The van der Waals surface area contributed by atoms with Crippen LogP contribution in [0.2, 0.25) is 0 Å². The van der Waals surface area contributed by atoms with Crippen LogP contribution in [-0.2, 0) is 11.2 Å². The van der Waals surface area contributed by atoms with Crippen LogP contribution >= 0.6 is 0 Å². The molecule has 0 saturated heterocycles. The Bertz CT molecular complexity index is 975. The molecule has 1 heterocycles. The number of benzene rings is 2. The lowest BCUT2D eigenvalue weighted by Gasteiger charge is -2.29. The lowest BCUT2D eigenvalue weighted by molar-refractivity contribution is -0.114. The fourth-order valence-electron chi connectivity index (χ4n) is 3.80. The van der Waals surface area contributed by atoms with E-state index >= 15 is 0 Å². The van der Waals surface area contributed by atoms with Gasteiger partial charge in [-0.3, -0.25) is 4.79 Å². The van der Waals surface area contributed by atoms with Crippen LogP contribution < -0.4 is 14.4 Å². The van der Waals surface area contributed by atoms with Gasteiger partial charge >= 0.3 is 0 Å². The van der Waals surface area contributed by atoms with Gasteiger partial charge in [0.1, 0.15) is 11.6 Å². The predicted octanol–water partition coefficient (Wildman–Crippen LogP) is 5.54. The molecular formula is C26H30N2O3.